The van der Waals surface area contributed by atoms with E-state index in [1.807, 2.05) is 18.2 Å². The monoisotopic (exact) mass is 261 g/mol. The third kappa shape index (κ3) is 4.24. The van der Waals surface area contributed by atoms with Gasteiger partial charge in [-0.3, -0.25) is 4.79 Å². The number of nitrogens with zero attached hydrogens (tertiary/aromatic N) is 1. The van der Waals surface area contributed by atoms with Crippen LogP contribution < -0.4 is 11.1 Å². The Morgan fingerprint density at radius 3 is 3.05 bits per heavy atom. The number of benzene rings is 1. The van der Waals surface area contributed by atoms with Crippen LogP contribution in [0.25, 0.3) is 0 Å². The van der Waals surface area contributed by atoms with E-state index in [0.717, 1.165) is 18.8 Å². The van der Waals surface area contributed by atoms with Crippen molar-refractivity contribution >= 4 is 17.3 Å². The van der Waals surface area contributed by atoms with E-state index in [0.29, 0.717) is 18.2 Å². The minimum atomic E-state index is 0.0587. The Balaban J connectivity index is 1.78. The Morgan fingerprint density at radius 2 is 2.32 bits per heavy atom. The van der Waals surface area contributed by atoms with Crippen LogP contribution in [-0.2, 0) is 4.79 Å². The first-order valence-electron chi connectivity index (χ1n) is 7.04. The Kier molecular flexibility index (Phi) is 4.80. The molecule has 19 heavy (non-hydrogen) atoms. The number of nitrogens with one attached hydrogen (secondary N) is 1. The van der Waals surface area contributed by atoms with Gasteiger partial charge in [0.25, 0.3) is 0 Å². The topological polar surface area (TPSA) is 58.4 Å². The molecule has 1 heterocycles. The van der Waals surface area contributed by atoms with Gasteiger partial charge in [0.05, 0.1) is 0 Å². The van der Waals surface area contributed by atoms with Gasteiger partial charge in [0.2, 0.25) is 5.91 Å². The summed E-state index contributed by atoms with van der Waals surface area (Å²) in [6.07, 6.45) is 4.35. The van der Waals surface area contributed by atoms with Crippen LogP contribution in [0, 0.1) is 0 Å². The molecule has 104 valence electrons. The van der Waals surface area contributed by atoms with Gasteiger partial charge in [0.1, 0.15) is 0 Å². The average molecular weight is 261 g/mol. The first kappa shape index (κ1) is 13.9. The van der Waals surface area contributed by atoms with Gasteiger partial charge in [0.15, 0.2) is 0 Å². The lowest BCUT2D eigenvalue weighted by molar-refractivity contribution is -0.116. The molecule has 0 aromatic heterocycles. The molecule has 1 aliphatic heterocycles. The summed E-state index contributed by atoms with van der Waals surface area (Å²) in [6.45, 7) is 4.21. The van der Waals surface area contributed by atoms with E-state index in [1.165, 1.54) is 19.3 Å². The molecule has 1 saturated heterocycles. The molecular weight excluding hydrogens is 238 g/mol. The molecule has 1 aromatic rings. The van der Waals surface area contributed by atoms with E-state index in [2.05, 4.69) is 17.1 Å². The summed E-state index contributed by atoms with van der Waals surface area (Å²) in [5, 5.41) is 2.89. The van der Waals surface area contributed by atoms with Crippen LogP contribution in [0.3, 0.4) is 0 Å². The van der Waals surface area contributed by atoms with Gasteiger partial charge in [-0.05, 0) is 44.5 Å². The third-order valence-corrected chi connectivity index (χ3v) is 3.74. The zero-order valence-corrected chi connectivity index (χ0v) is 11.6. The molecule has 1 amide bonds. The molecule has 0 bridgehead atoms. The first-order chi connectivity index (χ1) is 9.15. The molecule has 1 unspecified atom stereocenters. The maximum absolute atomic E-state index is 11.9. The van der Waals surface area contributed by atoms with Gasteiger partial charge in [-0.1, -0.05) is 12.5 Å². The molecule has 0 saturated carbocycles. The van der Waals surface area contributed by atoms with E-state index in [4.69, 9.17) is 5.73 Å². The molecule has 3 N–H and O–H groups in total. The number of hydrogen-bond donors (Lipinski definition) is 2. The standard InChI is InChI=1S/C15H23N3O/c1-12-5-2-3-9-18(12)10-8-15(19)17-14-7-4-6-13(16)11-14/h4,6-7,11-12H,2-3,5,8-10,16H2,1H3,(H,17,19). The van der Waals surface area contributed by atoms with Crippen LogP contribution in [0.2, 0.25) is 0 Å². The zero-order valence-electron chi connectivity index (χ0n) is 11.6. The van der Waals surface area contributed by atoms with Gasteiger partial charge in [-0.25, -0.2) is 0 Å². The van der Waals surface area contributed by atoms with Gasteiger partial charge in [0, 0.05) is 30.4 Å². The number of rotatable bonds is 4. The minimum absolute atomic E-state index is 0.0587. The van der Waals surface area contributed by atoms with E-state index in [1.54, 1.807) is 6.07 Å². The SMILES string of the molecule is CC1CCCCN1CCC(=O)Nc1cccc(N)c1. The fraction of sp³-hybridized carbons (Fsp3) is 0.533. The number of nitrogen functional groups attached to an aromatic ring is 1. The highest BCUT2D eigenvalue weighted by Crippen LogP contribution is 2.17. The van der Waals surface area contributed by atoms with E-state index >= 15 is 0 Å². The number of nitrogens with two attached hydrogens (primary N) is 1. The summed E-state index contributed by atoms with van der Waals surface area (Å²) in [7, 11) is 0. The number of amides is 1. The summed E-state index contributed by atoms with van der Waals surface area (Å²) in [6, 6.07) is 7.90. The molecule has 0 radical (unpaired) electrons. The number of piperidine rings is 1. The predicted molar refractivity (Wildman–Crippen MR) is 79.0 cm³/mol. The second-order valence-electron chi connectivity index (χ2n) is 5.30. The molecule has 1 aromatic carbocycles. The molecule has 2 rings (SSSR count). The molecule has 4 heteroatoms. The Bertz CT molecular complexity index is 433. The molecular formula is C15H23N3O. The molecule has 4 nitrogen and oxygen atoms in total. The lowest BCUT2D eigenvalue weighted by Crippen LogP contribution is -2.39. The van der Waals surface area contributed by atoms with E-state index < -0.39 is 0 Å². The van der Waals surface area contributed by atoms with Crippen molar-refractivity contribution in [3.05, 3.63) is 24.3 Å². The maximum atomic E-state index is 11.9. The number of hydrogen-bond acceptors (Lipinski definition) is 3. The molecule has 1 aliphatic rings. The van der Waals surface area contributed by atoms with Gasteiger partial charge in [-0.15, -0.1) is 0 Å². The second-order valence-corrected chi connectivity index (χ2v) is 5.30. The summed E-state index contributed by atoms with van der Waals surface area (Å²) in [5.41, 5.74) is 7.13. The number of likely N-dealkylation sites (tertiary alicyclic amines) is 1. The average Bonchev–Trinajstić information content (AvgIpc) is 2.38. The summed E-state index contributed by atoms with van der Waals surface area (Å²) in [4.78, 5) is 14.3. The van der Waals surface area contributed by atoms with Crippen molar-refractivity contribution in [2.75, 3.05) is 24.1 Å². The summed E-state index contributed by atoms with van der Waals surface area (Å²) >= 11 is 0. The quantitative estimate of drug-likeness (QED) is 0.819. The molecule has 1 atom stereocenters. The van der Waals surface area contributed by atoms with Crippen LogP contribution in [0.4, 0.5) is 11.4 Å². The second kappa shape index (κ2) is 6.57. The van der Waals surface area contributed by atoms with Gasteiger partial charge in [-0.2, -0.15) is 0 Å². The lowest BCUT2D eigenvalue weighted by Gasteiger charge is -2.33. The highest BCUT2D eigenvalue weighted by atomic mass is 16.1. The van der Waals surface area contributed by atoms with Crippen molar-refractivity contribution in [1.29, 1.82) is 0 Å². The van der Waals surface area contributed by atoms with Crippen LogP contribution >= 0.6 is 0 Å². The van der Waals surface area contributed by atoms with Crippen molar-refractivity contribution in [2.24, 2.45) is 0 Å². The molecule has 0 aliphatic carbocycles. The molecule has 0 spiro atoms. The van der Waals surface area contributed by atoms with Crippen molar-refractivity contribution in [1.82, 2.24) is 4.90 Å². The third-order valence-electron chi connectivity index (χ3n) is 3.74. The predicted octanol–water partition coefficient (Wildman–Crippen LogP) is 2.47. The van der Waals surface area contributed by atoms with Gasteiger partial charge >= 0.3 is 0 Å². The van der Waals surface area contributed by atoms with Crippen LogP contribution in [0.1, 0.15) is 32.6 Å². The Morgan fingerprint density at radius 1 is 1.47 bits per heavy atom. The fourth-order valence-corrected chi connectivity index (χ4v) is 2.57. The smallest absolute Gasteiger partial charge is 0.225 e. The van der Waals surface area contributed by atoms with Crippen LogP contribution in [0.5, 0.6) is 0 Å². The highest BCUT2D eigenvalue weighted by molar-refractivity contribution is 5.91. The van der Waals surface area contributed by atoms with Crippen molar-refractivity contribution in [3.8, 4) is 0 Å². The number of anilines is 2. The van der Waals surface area contributed by atoms with Gasteiger partial charge < -0.3 is 16.0 Å². The highest BCUT2D eigenvalue weighted by Gasteiger charge is 2.18. The normalized spacial score (nSPS) is 20.2. The summed E-state index contributed by atoms with van der Waals surface area (Å²) < 4.78 is 0. The first-order valence-corrected chi connectivity index (χ1v) is 7.04. The van der Waals surface area contributed by atoms with Crippen LogP contribution in [0.15, 0.2) is 24.3 Å². The van der Waals surface area contributed by atoms with E-state index in [9.17, 15) is 4.79 Å². The van der Waals surface area contributed by atoms with Crippen molar-refractivity contribution < 1.29 is 4.79 Å². The maximum Gasteiger partial charge on any atom is 0.225 e. The van der Waals surface area contributed by atoms with Crippen molar-refractivity contribution in [3.63, 3.8) is 0 Å². The van der Waals surface area contributed by atoms with E-state index in [-0.39, 0.29) is 5.91 Å². The number of carbonyl (C=O) groups excluding carboxylic acids is 1. The number of carbonyl (C=O) groups is 1. The fourth-order valence-electron chi connectivity index (χ4n) is 2.57. The van der Waals surface area contributed by atoms with Crippen LogP contribution in [-0.4, -0.2) is 29.9 Å². The molecule has 1 fully saturated rings. The lowest BCUT2D eigenvalue weighted by atomic mass is 10.0. The van der Waals surface area contributed by atoms with Crippen molar-refractivity contribution in [2.45, 2.75) is 38.6 Å². The zero-order chi connectivity index (χ0) is 13.7. The minimum Gasteiger partial charge on any atom is -0.399 e. The Labute approximate surface area is 115 Å². The Hall–Kier alpha value is -1.55. The summed E-state index contributed by atoms with van der Waals surface area (Å²) in [5.74, 6) is 0.0587. The largest absolute Gasteiger partial charge is 0.399 e.